The second-order valence-electron chi connectivity index (χ2n) is 2.98. The number of rotatable bonds is 3. The smallest absolute Gasteiger partial charge is 0.119 e. The molecule has 0 aliphatic heterocycles. The Kier molecular flexibility index (Phi) is 3.15. The van der Waals surface area contributed by atoms with E-state index < -0.39 is 0 Å². The maximum atomic E-state index is 5.59. The van der Waals surface area contributed by atoms with Crippen LogP contribution in [0.3, 0.4) is 0 Å². The van der Waals surface area contributed by atoms with Crippen molar-refractivity contribution in [1.82, 2.24) is 0 Å². The van der Waals surface area contributed by atoms with Crippen LogP contribution in [0, 0.1) is 6.92 Å². The van der Waals surface area contributed by atoms with Crippen LogP contribution in [0.5, 0.6) is 5.75 Å². The Balaban J connectivity index is 2.58. The Morgan fingerprint density at radius 2 is 1.92 bits per heavy atom. The zero-order valence-electron chi connectivity index (χ0n) is 7.71. The van der Waals surface area contributed by atoms with Gasteiger partial charge < -0.3 is 4.74 Å². The first-order chi connectivity index (χ1) is 5.72. The Morgan fingerprint density at radius 1 is 1.33 bits per heavy atom. The van der Waals surface area contributed by atoms with Crippen LogP contribution >= 0.6 is 0 Å². The molecule has 0 bridgehead atoms. The highest BCUT2D eigenvalue weighted by Gasteiger charge is 1.99. The molecule has 0 aliphatic carbocycles. The van der Waals surface area contributed by atoms with E-state index in [1.165, 1.54) is 0 Å². The molecule has 0 saturated carbocycles. The van der Waals surface area contributed by atoms with Crippen molar-refractivity contribution in [2.45, 2.75) is 26.4 Å². The number of benzene rings is 1. The third-order valence-corrected chi connectivity index (χ3v) is 1.84. The molecule has 0 saturated heterocycles. The van der Waals surface area contributed by atoms with Gasteiger partial charge in [0.25, 0.3) is 0 Å². The molecule has 1 nitrogen and oxygen atoms in total. The highest BCUT2D eigenvalue weighted by atomic mass is 16.5. The molecule has 0 amide bonds. The molecule has 12 heavy (non-hydrogen) atoms. The molecule has 0 N–H and O–H groups in total. The van der Waals surface area contributed by atoms with Crippen molar-refractivity contribution < 1.29 is 4.74 Å². The summed E-state index contributed by atoms with van der Waals surface area (Å²) < 4.78 is 5.59. The van der Waals surface area contributed by atoms with Gasteiger partial charge in [0, 0.05) is 0 Å². The molecule has 0 fully saturated rings. The molecule has 1 radical (unpaired) electrons. The fraction of sp³-hybridized carbons (Fsp3) is 0.364. The van der Waals surface area contributed by atoms with E-state index in [0.717, 1.165) is 17.7 Å². The minimum atomic E-state index is 0.292. The normalized spacial score (nSPS) is 12.6. The van der Waals surface area contributed by atoms with E-state index in [0.29, 0.717) is 6.10 Å². The van der Waals surface area contributed by atoms with E-state index in [1.807, 2.05) is 24.3 Å². The van der Waals surface area contributed by atoms with E-state index in [2.05, 4.69) is 20.8 Å². The van der Waals surface area contributed by atoms with Gasteiger partial charge in [-0.1, -0.05) is 19.1 Å². The topological polar surface area (TPSA) is 9.23 Å². The summed E-state index contributed by atoms with van der Waals surface area (Å²) in [5.41, 5.74) is 1.02. The first kappa shape index (κ1) is 9.11. The Labute approximate surface area is 74.4 Å². The van der Waals surface area contributed by atoms with Crippen LogP contribution in [0.15, 0.2) is 24.3 Å². The highest BCUT2D eigenvalue weighted by Crippen LogP contribution is 2.13. The van der Waals surface area contributed by atoms with Gasteiger partial charge in [-0.2, -0.15) is 0 Å². The minimum absolute atomic E-state index is 0.292. The lowest BCUT2D eigenvalue weighted by Crippen LogP contribution is -2.09. The van der Waals surface area contributed by atoms with Gasteiger partial charge in [-0.15, -0.1) is 0 Å². The molecule has 1 aromatic carbocycles. The summed E-state index contributed by atoms with van der Waals surface area (Å²) in [5.74, 6) is 0.928. The summed E-state index contributed by atoms with van der Waals surface area (Å²) in [5, 5.41) is 0. The van der Waals surface area contributed by atoms with Crippen molar-refractivity contribution in [2.24, 2.45) is 0 Å². The molecule has 0 aliphatic rings. The van der Waals surface area contributed by atoms with Crippen LogP contribution in [-0.2, 0) is 0 Å². The van der Waals surface area contributed by atoms with Crippen molar-refractivity contribution >= 4 is 0 Å². The van der Waals surface area contributed by atoms with Gasteiger partial charge in [0.05, 0.1) is 6.10 Å². The van der Waals surface area contributed by atoms with Gasteiger partial charge in [0.1, 0.15) is 5.75 Å². The lowest BCUT2D eigenvalue weighted by atomic mass is 10.2. The minimum Gasteiger partial charge on any atom is -0.491 e. The molecule has 0 spiro atoms. The zero-order chi connectivity index (χ0) is 8.97. The highest BCUT2D eigenvalue weighted by molar-refractivity contribution is 5.28. The van der Waals surface area contributed by atoms with Gasteiger partial charge in [0.15, 0.2) is 0 Å². The van der Waals surface area contributed by atoms with Crippen LogP contribution in [0.25, 0.3) is 0 Å². The maximum absolute atomic E-state index is 5.59. The molecule has 65 valence electrons. The molecular formula is C11H15O. The third kappa shape index (κ3) is 2.57. The second-order valence-corrected chi connectivity index (χ2v) is 2.98. The molecular weight excluding hydrogens is 148 g/mol. The van der Waals surface area contributed by atoms with Crippen LogP contribution in [0.1, 0.15) is 25.8 Å². The monoisotopic (exact) mass is 163 g/mol. The van der Waals surface area contributed by atoms with Crippen LogP contribution in [0.4, 0.5) is 0 Å². The molecule has 1 rings (SSSR count). The van der Waals surface area contributed by atoms with Crippen molar-refractivity contribution in [2.75, 3.05) is 0 Å². The van der Waals surface area contributed by atoms with E-state index in [1.54, 1.807) is 0 Å². The third-order valence-electron chi connectivity index (χ3n) is 1.84. The average Bonchev–Trinajstić information content (AvgIpc) is 2.09. The number of ether oxygens (including phenoxy) is 1. The molecule has 1 aromatic rings. The SMILES string of the molecule is [CH2]c1ccc(OC(C)CC)cc1. The first-order valence-electron chi connectivity index (χ1n) is 4.31. The van der Waals surface area contributed by atoms with E-state index in [-0.39, 0.29) is 0 Å². The van der Waals surface area contributed by atoms with Crippen molar-refractivity contribution in [3.63, 3.8) is 0 Å². The largest absolute Gasteiger partial charge is 0.491 e. The summed E-state index contributed by atoms with van der Waals surface area (Å²) in [6, 6.07) is 7.82. The summed E-state index contributed by atoms with van der Waals surface area (Å²) >= 11 is 0. The molecule has 0 aromatic heterocycles. The number of hydrogen-bond donors (Lipinski definition) is 0. The molecule has 1 unspecified atom stereocenters. The molecule has 1 atom stereocenters. The lowest BCUT2D eigenvalue weighted by Gasteiger charge is -2.12. The Morgan fingerprint density at radius 3 is 2.42 bits per heavy atom. The lowest BCUT2D eigenvalue weighted by molar-refractivity contribution is 0.217. The fourth-order valence-corrected chi connectivity index (χ4v) is 0.884. The summed E-state index contributed by atoms with van der Waals surface area (Å²) in [6.45, 7) is 7.98. The molecule has 0 heterocycles. The van der Waals surface area contributed by atoms with Crippen molar-refractivity contribution in [3.8, 4) is 5.75 Å². The van der Waals surface area contributed by atoms with E-state index in [9.17, 15) is 0 Å². The fourth-order valence-electron chi connectivity index (χ4n) is 0.884. The summed E-state index contributed by atoms with van der Waals surface area (Å²) in [7, 11) is 0. The standard InChI is InChI=1S/C11H15O/c1-4-10(3)12-11-7-5-9(2)6-8-11/h5-8,10H,2,4H2,1,3H3. The number of hydrogen-bond acceptors (Lipinski definition) is 1. The van der Waals surface area contributed by atoms with Crippen LogP contribution in [0.2, 0.25) is 0 Å². The van der Waals surface area contributed by atoms with Crippen molar-refractivity contribution in [3.05, 3.63) is 36.8 Å². The first-order valence-corrected chi connectivity index (χ1v) is 4.31. The molecule has 1 heteroatoms. The maximum Gasteiger partial charge on any atom is 0.119 e. The van der Waals surface area contributed by atoms with Gasteiger partial charge in [0.2, 0.25) is 0 Å². The predicted molar refractivity (Wildman–Crippen MR) is 51.3 cm³/mol. The Hall–Kier alpha value is -0.980. The van der Waals surface area contributed by atoms with E-state index >= 15 is 0 Å². The van der Waals surface area contributed by atoms with Gasteiger partial charge in [-0.05, 0) is 38.0 Å². The van der Waals surface area contributed by atoms with Gasteiger partial charge in [-0.25, -0.2) is 0 Å². The quantitative estimate of drug-likeness (QED) is 0.665. The zero-order valence-corrected chi connectivity index (χ0v) is 7.71. The van der Waals surface area contributed by atoms with E-state index in [4.69, 9.17) is 4.74 Å². The predicted octanol–water partition coefficient (Wildman–Crippen LogP) is 3.05. The average molecular weight is 163 g/mol. The Bertz CT molecular complexity index is 225. The summed E-state index contributed by atoms with van der Waals surface area (Å²) in [6.07, 6.45) is 1.33. The second kappa shape index (κ2) is 4.15. The van der Waals surface area contributed by atoms with Crippen LogP contribution < -0.4 is 4.74 Å². The van der Waals surface area contributed by atoms with Crippen LogP contribution in [-0.4, -0.2) is 6.10 Å². The van der Waals surface area contributed by atoms with Gasteiger partial charge in [-0.3, -0.25) is 0 Å². The van der Waals surface area contributed by atoms with Crippen molar-refractivity contribution in [1.29, 1.82) is 0 Å². The summed E-state index contributed by atoms with van der Waals surface area (Å²) in [4.78, 5) is 0. The van der Waals surface area contributed by atoms with Gasteiger partial charge >= 0.3 is 0 Å².